The highest BCUT2D eigenvalue weighted by Gasteiger charge is 2.37. The van der Waals surface area contributed by atoms with Gasteiger partial charge in [0.05, 0.1) is 0 Å². The van der Waals surface area contributed by atoms with Gasteiger partial charge in [-0.1, -0.05) is 13.8 Å². The van der Waals surface area contributed by atoms with E-state index < -0.39 is 0 Å². The molecule has 0 aliphatic carbocycles. The average molecular weight is 350 g/mol. The van der Waals surface area contributed by atoms with E-state index >= 15 is 0 Å². The minimum absolute atomic E-state index is 0.328. The Labute approximate surface area is 152 Å². The first-order valence-corrected chi connectivity index (χ1v) is 10.3. The molecule has 0 aromatic carbocycles. The molecule has 3 aliphatic heterocycles. The Balaban J connectivity index is 1.45. The smallest absolute Gasteiger partial charge is 0.222 e. The van der Waals surface area contributed by atoms with E-state index in [4.69, 9.17) is 0 Å². The number of carbonyl (C=O) groups excluding carboxylic acids is 2. The van der Waals surface area contributed by atoms with Crippen molar-refractivity contribution in [1.29, 1.82) is 0 Å². The number of nitrogens with one attached hydrogen (secondary N) is 1. The lowest BCUT2D eigenvalue weighted by atomic mass is 9.79. The Morgan fingerprint density at radius 1 is 1.08 bits per heavy atom. The van der Waals surface area contributed by atoms with Crippen LogP contribution in [-0.2, 0) is 9.59 Å². The van der Waals surface area contributed by atoms with E-state index in [9.17, 15) is 9.59 Å². The van der Waals surface area contributed by atoms with Crippen LogP contribution in [0.1, 0.15) is 58.8 Å². The zero-order valence-electron chi connectivity index (χ0n) is 16.0. The van der Waals surface area contributed by atoms with E-state index in [1.165, 1.54) is 19.3 Å². The number of hydrogen-bond acceptors (Lipinski definition) is 3. The summed E-state index contributed by atoms with van der Waals surface area (Å²) in [5.41, 5.74) is 0. The first-order chi connectivity index (χ1) is 12.0. The lowest BCUT2D eigenvalue weighted by Crippen LogP contribution is -2.57. The van der Waals surface area contributed by atoms with Gasteiger partial charge in [0.15, 0.2) is 0 Å². The van der Waals surface area contributed by atoms with Crippen LogP contribution in [0.15, 0.2) is 0 Å². The summed E-state index contributed by atoms with van der Waals surface area (Å²) >= 11 is 0. The highest BCUT2D eigenvalue weighted by Crippen LogP contribution is 2.31. The van der Waals surface area contributed by atoms with Crippen LogP contribution in [0.4, 0.5) is 0 Å². The molecule has 3 heterocycles. The van der Waals surface area contributed by atoms with Crippen LogP contribution in [0.2, 0.25) is 0 Å². The fraction of sp³-hybridized carbons (Fsp3) is 0.900. The van der Waals surface area contributed by atoms with Gasteiger partial charge in [-0.15, -0.1) is 0 Å². The van der Waals surface area contributed by atoms with Gasteiger partial charge in [-0.25, -0.2) is 0 Å². The molecule has 2 amide bonds. The quantitative estimate of drug-likeness (QED) is 0.800. The molecule has 0 saturated carbocycles. The predicted molar refractivity (Wildman–Crippen MR) is 99.1 cm³/mol. The topological polar surface area (TPSA) is 52.7 Å². The summed E-state index contributed by atoms with van der Waals surface area (Å²) < 4.78 is 0. The Morgan fingerprint density at radius 2 is 1.84 bits per heavy atom. The number of piperidine rings is 2. The van der Waals surface area contributed by atoms with Gasteiger partial charge in [0, 0.05) is 45.1 Å². The normalized spacial score (nSPS) is 29.3. The van der Waals surface area contributed by atoms with E-state index in [2.05, 4.69) is 24.1 Å². The second-order valence-electron chi connectivity index (χ2n) is 8.75. The van der Waals surface area contributed by atoms with E-state index in [0.717, 1.165) is 45.6 Å². The second kappa shape index (κ2) is 8.52. The van der Waals surface area contributed by atoms with Gasteiger partial charge in [0.2, 0.25) is 11.8 Å². The minimum Gasteiger partial charge on any atom is -0.343 e. The van der Waals surface area contributed by atoms with E-state index in [1.54, 1.807) is 0 Å². The van der Waals surface area contributed by atoms with Crippen molar-refractivity contribution >= 4 is 11.8 Å². The first-order valence-electron chi connectivity index (χ1n) is 10.3. The number of hydrogen-bond donors (Lipinski definition) is 1. The summed E-state index contributed by atoms with van der Waals surface area (Å²) in [5, 5.41) is 3.70. The lowest BCUT2D eigenvalue weighted by molar-refractivity contribution is -0.136. The van der Waals surface area contributed by atoms with Crippen molar-refractivity contribution in [3.05, 3.63) is 0 Å². The molecule has 25 heavy (non-hydrogen) atoms. The number of carbonyl (C=O) groups is 2. The van der Waals surface area contributed by atoms with Gasteiger partial charge in [-0.05, 0) is 56.4 Å². The van der Waals surface area contributed by atoms with Crippen molar-refractivity contribution in [2.75, 3.05) is 32.7 Å². The Bertz CT molecular complexity index is 474. The second-order valence-corrected chi connectivity index (χ2v) is 8.75. The van der Waals surface area contributed by atoms with Crippen molar-refractivity contribution in [2.24, 2.45) is 17.8 Å². The van der Waals surface area contributed by atoms with Crippen LogP contribution in [-0.4, -0.2) is 60.4 Å². The highest BCUT2D eigenvalue weighted by molar-refractivity contribution is 5.77. The summed E-state index contributed by atoms with van der Waals surface area (Å²) in [6, 6.07) is 0.470. The minimum atomic E-state index is 0.328. The number of rotatable bonds is 6. The lowest BCUT2D eigenvalue weighted by Gasteiger charge is -2.46. The molecule has 0 radical (unpaired) electrons. The average Bonchev–Trinajstić information content (AvgIpc) is 3.10. The SMILES string of the molecule is CC(C)CC(=O)N1CC2CN[C@H](CCCC(=O)N3CCCC3)C(C2)C1. The molecule has 1 N–H and O–H groups in total. The molecule has 2 unspecified atom stereocenters. The summed E-state index contributed by atoms with van der Waals surface area (Å²) in [4.78, 5) is 28.8. The van der Waals surface area contributed by atoms with Crippen molar-refractivity contribution in [2.45, 2.75) is 64.8 Å². The summed E-state index contributed by atoms with van der Waals surface area (Å²) in [6.07, 6.45) is 6.95. The van der Waals surface area contributed by atoms with Gasteiger partial charge in [0.25, 0.3) is 0 Å². The molecule has 3 aliphatic rings. The van der Waals surface area contributed by atoms with Crippen LogP contribution in [0.5, 0.6) is 0 Å². The summed E-state index contributed by atoms with van der Waals surface area (Å²) in [5.74, 6) is 2.26. The van der Waals surface area contributed by atoms with Crippen molar-refractivity contribution in [3.8, 4) is 0 Å². The highest BCUT2D eigenvalue weighted by atomic mass is 16.2. The Morgan fingerprint density at radius 3 is 2.56 bits per heavy atom. The fourth-order valence-corrected chi connectivity index (χ4v) is 4.79. The molecule has 142 valence electrons. The molecule has 0 spiro atoms. The molecular formula is C20H35N3O2. The zero-order valence-corrected chi connectivity index (χ0v) is 16.0. The maximum atomic E-state index is 12.5. The van der Waals surface area contributed by atoms with Crippen molar-refractivity contribution in [3.63, 3.8) is 0 Å². The summed E-state index contributed by atoms with van der Waals surface area (Å²) in [6.45, 7) is 8.99. The molecule has 0 aromatic rings. The number of likely N-dealkylation sites (tertiary alicyclic amines) is 2. The maximum absolute atomic E-state index is 12.5. The van der Waals surface area contributed by atoms with E-state index in [0.29, 0.717) is 48.5 Å². The Hall–Kier alpha value is -1.10. The molecule has 2 bridgehead atoms. The third-order valence-corrected chi connectivity index (χ3v) is 6.11. The largest absolute Gasteiger partial charge is 0.343 e. The summed E-state index contributed by atoms with van der Waals surface area (Å²) in [7, 11) is 0. The Kier molecular flexibility index (Phi) is 6.37. The third kappa shape index (κ3) is 4.96. The van der Waals surface area contributed by atoms with Crippen molar-refractivity contribution in [1.82, 2.24) is 15.1 Å². The third-order valence-electron chi connectivity index (χ3n) is 6.11. The maximum Gasteiger partial charge on any atom is 0.222 e. The van der Waals surface area contributed by atoms with E-state index in [1.807, 2.05) is 4.90 Å². The number of nitrogens with zero attached hydrogens (tertiary/aromatic N) is 2. The van der Waals surface area contributed by atoms with Crippen molar-refractivity contribution < 1.29 is 9.59 Å². The number of amides is 2. The molecule has 5 nitrogen and oxygen atoms in total. The molecule has 3 atom stereocenters. The molecular weight excluding hydrogens is 314 g/mol. The molecule has 0 aromatic heterocycles. The van der Waals surface area contributed by atoms with Crippen LogP contribution in [0.3, 0.4) is 0 Å². The molecule has 5 heteroatoms. The molecule has 3 rings (SSSR count). The first kappa shape index (κ1) is 18.7. The van der Waals surface area contributed by atoms with Gasteiger partial charge < -0.3 is 15.1 Å². The monoisotopic (exact) mass is 349 g/mol. The van der Waals surface area contributed by atoms with Gasteiger partial charge in [-0.3, -0.25) is 9.59 Å². The van der Waals surface area contributed by atoms with Gasteiger partial charge in [-0.2, -0.15) is 0 Å². The fourth-order valence-electron chi connectivity index (χ4n) is 4.79. The van der Waals surface area contributed by atoms with E-state index in [-0.39, 0.29) is 0 Å². The van der Waals surface area contributed by atoms with Crippen LogP contribution in [0, 0.1) is 17.8 Å². The zero-order chi connectivity index (χ0) is 17.8. The van der Waals surface area contributed by atoms with Gasteiger partial charge in [0.1, 0.15) is 0 Å². The van der Waals surface area contributed by atoms with Crippen LogP contribution < -0.4 is 5.32 Å². The predicted octanol–water partition coefficient (Wildman–Crippen LogP) is 2.26. The van der Waals surface area contributed by atoms with Crippen LogP contribution >= 0.6 is 0 Å². The van der Waals surface area contributed by atoms with Gasteiger partial charge >= 0.3 is 0 Å². The number of fused-ring (bicyclic) bond motifs is 2. The standard InChI is InChI=1S/C20H35N3O2/c1-15(2)10-20(25)23-13-16-11-17(14-23)18(21-12-16)6-5-7-19(24)22-8-3-4-9-22/h15-18,21H,3-14H2,1-2H3/t16?,17?,18-/m1/s1. The van der Waals surface area contributed by atoms with Crippen LogP contribution in [0.25, 0.3) is 0 Å². The molecule has 3 fully saturated rings. The molecule has 3 saturated heterocycles.